The van der Waals surface area contributed by atoms with Gasteiger partial charge in [-0.05, 0) is 31.9 Å². The third-order valence-electron chi connectivity index (χ3n) is 3.95. The van der Waals surface area contributed by atoms with Crippen molar-refractivity contribution in [2.45, 2.75) is 25.7 Å². The van der Waals surface area contributed by atoms with Crippen LogP contribution >= 0.6 is 0 Å². The zero-order chi connectivity index (χ0) is 16.4. The largest absolute Gasteiger partial charge is 0.504 e. The molecule has 2 aromatic rings. The molecule has 7 heteroatoms. The molecule has 1 aromatic carbocycles. The number of Topliss-reactive ketones (excluding diaryl/α,β-unsaturated/α-hetero) is 1. The zero-order valence-electron chi connectivity index (χ0n) is 13.0. The van der Waals surface area contributed by atoms with Gasteiger partial charge in [0.1, 0.15) is 0 Å². The van der Waals surface area contributed by atoms with E-state index in [0.29, 0.717) is 36.1 Å². The molecule has 2 heterocycles. The van der Waals surface area contributed by atoms with Crippen LogP contribution in [0.25, 0.3) is 11.4 Å². The average molecular weight is 318 g/mol. The van der Waals surface area contributed by atoms with Crippen LogP contribution in [0.5, 0.6) is 11.5 Å². The van der Waals surface area contributed by atoms with E-state index in [-0.39, 0.29) is 23.2 Å². The number of hydrogen-bond acceptors (Lipinski definition) is 7. The number of nitrogens with zero attached hydrogens (tertiary/aromatic N) is 2. The van der Waals surface area contributed by atoms with Gasteiger partial charge in [-0.15, -0.1) is 0 Å². The average Bonchev–Trinajstić information content (AvgIpc) is 3.05. The number of hydrogen-bond donors (Lipinski definition) is 1. The number of ketones is 1. The SMILES string of the molecule is COc1cc(-c2noc(C3CCOCC3)n2)c(C(C)=O)cc1O. The number of aromatic nitrogens is 2. The van der Waals surface area contributed by atoms with Gasteiger partial charge in [0.2, 0.25) is 11.7 Å². The Bertz CT molecular complexity index is 719. The molecule has 122 valence electrons. The molecule has 1 aromatic heterocycles. The molecule has 1 aliphatic rings. The molecule has 23 heavy (non-hydrogen) atoms. The smallest absolute Gasteiger partial charge is 0.230 e. The highest BCUT2D eigenvalue weighted by Gasteiger charge is 2.24. The number of carbonyl (C=O) groups is 1. The third-order valence-corrected chi connectivity index (χ3v) is 3.95. The van der Waals surface area contributed by atoms with Crippen molar-refractivity contribution in [2.75, 3.05) is 20.3 Å². The molecule has 0 saturated carbocycles. The van der Waals surface area contributed by atoms with Gasteiger partial charge in [-0.25, -0.2) is 0 Å². The number of rotatable bonds is 4. The Morgan fingerprint density at radius 1 is 1.35 bits per heavy atom. The minimum absolute atomic E-state index is 0.102. The summed E-state index contributed by atoms with van der Waals surface area (Å²) in [7, 11) is 1.44. The van der Waals surface area contributed by atoms with Crippen molar-refractivity contribution in [3.05, 3.63) is 23.6 Å². The lowest BCUT2D eigenvalue weighted by Gasteiger charge is -2.17. The summed E-state index contributed by atoms with van der Waals surface area (Å²) >= 11 is 0. The van der Waals surface area contributed by atoms with Crippen molar-refractivity contribution >= 4 is 5.78 Å². The maximum Gasteiger partial charge on any atom is 0.230 e. The molecule has 0 bridgehead atoms. The lowest BCUT2D eigenvalue weighted by atomic mass is 10.00. The molecule has 7 nitrogen and oxygen atoms in total. The maximum absolute atomic E-state index is 11.8. The van der Waals surface area contributed by atoms with E-state index in [0.717, 1.165) is 12.8 Å². The Balaban J connectivity index is 2.00. The van der Waals surface area contributed by atoms with Crippen molar-refractivity contribution in [1.29, 1.82) is 0 Å². The highest BCUT2D eigenvalue weighted by Crippen LogP contribution is 2.35. The van der Waals surface area contributed by atoms with Gasteiger partial charge in [0, 0.05) is 30.3 Å². The minimum Gasteiger partial charge on any atom is -0.504 e. The van der Waals surface area contributed by atoms with E-state index in [1.165, 1.54) is 20.1 Å². The normalized spacial score (nSPS) is 15.6. The number of methoxy groups -OCH3 is 1. The molecule has 0 spiro atoms. The van der Waals surface area contributed by atoms with Gasteiger partial charge in [-0.3, -0.25) is 4.79 Å². The van der Waals surface area contributed by atoms with Crippen LogP contribution in [0.2, 0.25) is 0 Å². The first-order valence-electron chi connectivity index (χ1n) is 7.43. The van der Waals surface area contributed by atoms with Gasteiger partial charge in [0.05, 0.1) is 7.11 Å². The lowest BCUT2D eigenvalue weighted by Crippen LogP contribution is -2.14. The highest BCUT2D eigenvalue weighted by molar-refractivity contribution is 6.01. The molecular formula is C16H18N2O5. The number of phenols is 1. The van der Waals surface area contributed by atoms with Crippen molar-refractivity contribution in [3.63, 3.8) is 0 Å². The van der Waals surface area contributed by atoms with Gasteiger partial charge in [-0.1, -0.05) is 5.16 Å². The Kier molecular flexibility index (Phi) is 4.29. The molecule has 3 rings (SSSR count). The summed E-state index contributed by atoms with van der Waals surface area (Å²) in [5.41, 5.74) is 0.803. The molecule has 1 aliphatic heterocycles. The van der Waals surface area contributed by atoms with Crippen LogP contribution in [-0.2, 0) is 4.74 Å². The number of ether oxygens (including phenoxy) is 2. The minimum atomic E-state index is -0.199. The number of aromatic hydroxyl groups is 1. The van der Waals surface area contributed by atoms with Crippen molar-refractivity contribution in [1.82, 2.24) is 10.1 Å². The van der Waals surface area contributed by atoms with Gasteiger partial charge in [-0.2, -0.15) is 4.98 Å². The first kappa shape index (κ1) is 15.5. The van der Waals surface area contributed by atoms with E-state index in [4.69, 9.17) is 14.0 Å². The predicted molar refractivity (Wildman–Crippen MR) is 80.7 cm³/mol. The highest BCUT2D eigenvalue weighted by atomic mass is 16.5. The quantitative estimate of drug-likeness (QED) is 0.865. The maximum atomic E-state index is 11.8. The number of carbonyl (C=O) groups excluding carboxylic acids is 1. The fourth-order valence-electron chi connectivity index (χ4n) is 2.66. The second-order valence-corrected chi connectivity index (χ2v) is 5.47. The first-order chi connectivity index (χ1) is 11.1. The lowest BCUT2D eigenvalue weighted by molar-refractivity contribution is 0.0778. The van der Waals surface area contributed by atoms with Crippen molar-refractivity contribution in [2.24, 2.45) is 0 Å². The Hall–Kier alpha value is -2.41. The van der Waals surface area contributed by atoms with Crippen LogP contribution in [0.15, 0.2) is 16.7 Å². The van der Waals surface area contributed by atoms with E-state index in [1.54, 1.807) is 6.07 Å². The van der Waals surface area contributed by atoms with E-state index >= 15 is 0 Å². The monoisotopic (exact) mass is 318 g/mol. The van der Waals surface area contributed by atoms with Crippen LogP contribution in [0.1, 0.15) is 41.9 Å². The van der Waals surface area contributed by atoms with Crippen LogP contribution in [0.3, 0.4) is 0 Å². The Morgan fingerprint density at radius 2 is 2.09 bits per heavy atom. The standard InChI is InChI=1S/C16H18N2O5/c1-9(19)11-7-13(20)14(21-2)8-12(11)15-17-16(23-18-15)10-3-5-22-6-4-10/h7-8,10,20H,3-6H2,1-2H3. The van der Waals surface area contributed by atoms with Crippen molar-refractivity contribution in [3.8, 4) is 22.9 Å². The van der Waals surface area contributed by atoms with Crippen LogP contribution in [0.4, 0.5) is 0 Å². The summed E-state index contributed by atoms with van der Waals surface area (Å²) in [6, 6.07) is 2.91. The summed E-state index contributed by atoms with van der Waals surface area (Å²) in [5, 5.41) is 13.9. The topological polar surface area (TPSA) is 94.7 Å². The van der Waals surface area contributed by atoms with E-state index in [9.17, 15) is 9.90 Å². The Morgan fingerprint density at radius 3 is 2.74 bits per heavy atom. The summed E-state index contributed by atoms with van der Waals surface area (Å²) < 4.78 is 15.8. The van der Waals surface area contributed by atoms with Crippen molar-refractivity contribution < 1.29 is 23.9 Å². The van der Waals surface area contributed by atoms with Gasteiger partial charge in [0.25, 0.3) is 0 Å². The van der Waals surface area contributed by atoms with Gasteiger partial charge < -0.3 is 19.1 Å². The fourth-order valence-corrected chi connectivity index (χ4v) is 2.66. The molecule has 0 unspecified atom stereocenters. The molecule has 0 radical (unpaired) electrons. The number of benzene rings is 1. The second-order valence-electron chi connectivity index (χ2n) is 5.47. The predicted octanol–water partition coefficient (Wildman–Crippen LogP) is 2.55. The summed E-state index contributed by atoms with van der Waals surface area (Å²) in [6.07, 6.45) is 1.67. The fraction of sp³-hybridized carbons (Fsp3) is 0.438. The molecular weight excluding hydrogens is 300 g/mol. The molecule has 0 amide bonds. The third kappa shape index (κ3) is 3.05. The number of phenolic OH excluding ortho intramolecular Hbond substituents is 1. The van der Waals surface area contributed by atoms with Crippen LogP contribution in [0, 0.1) is 0 Å². The molecule has 0 aliphatic carbocycles. The first-order valence-corrected chi connectivity index (χ1v) is 7.43. The van der Waals surface area contributed by atoms with E-state index < -0.39 is 0 Å². The summed E-state index contributed by atoms with van der Waals surface area (Å²) in [4.78, 5) is 16.3. The van der Waals surface area contributed by atoms with Crippen LogP contribution < -0.4 is 4.74 Å². The molecule has 1 saturated heterocycles. The van der Waals surface area contributed by atoms with Crippen LogP contribution in [-0.4, -0.2) is 41.4 Å². The Labute approximate surface area is 133 Å². The van der Waals surface area contributed by atoms with E-state index in [1.807, 2.05) is 0 Å². The molecule has 1 N–H and O–H groups in total. The molecule has 0 atom stereocenters. The summed E-state index contributed by atoms with van der Waals surface area (Å²) in [6.45, 7) is 2.77. The van der Waals surface area contributed by atoms with Gasteiger partial charge in [0.15, 0.2) is 17.3 Å². The second kappa shape index (κ2) is 6.37. The molecule has 1 fully saturated rings. The van der Waals surface area contributed by atoms with Gasteiger partial charge >= 0.3 is 0 Å². The van der Waals surface area contributed by atoms with E-state index in [2.05, 4.69) is 10.1 Å². The zero-order valence-corrected chi connectivity index (χ0v) is 13.0. The summed E-state index contributed by atoms with van der Waals surface area (Å²) in [5.74, 6) is 0.983.